The highest BCUT2D eigenvalue weighted by atomic mass is 32.1. The topological polar surface area (TPSA) is 79.0 Å². The Labute approximate surface area is 244 Å². The van der Waals surface area contributed by atoms with Gasteiger partial charge in [0.1, 0.15) is 5.69 Å². The van der Waals surface area contributed by atoms with E-state index in [1.54, 1.807) is 30.4 Å². The highest BCUT2D eigenvalue weighted by molar-refractivity contribution is 7.19. The van der Waals surface area contributed by atoms with Crippen LogP contribution in [0.15, 0.2) is 99.3 Å². The van der Waals surface area contributed by atoms with Gasteiger partial charge in [-0.25, -0.2) is 9.18 Å². The van der Waals surface area contributed by atoms with Crippen LogP contribution in [0.1, 0.15) is 38.5 Å². The second-order valence-corrected chi connectivity index (χ2v) is 10.7. The van der Waals surface area contributed by atoms with Crippen LogP contribution in [0.2, 0.25) is 0 Å². The van der Waals surface area contributed by atoms with Crippen molar-refractivity contribution in [2.24, 2.45) is 20.5 Å². The van der Waals surface area contributed by atoms with Crippen LogP contribution >= 0.6 is 11.3 Å². The van der Waals surface area contributed by atoms with Gasteiger partial charge in [-0.2, -0.15) is 15.3 Å². The Morgan fingerprint density at radius 2 is 1.54 bits per heavy atom. The third kappa shape index (κ3) is 8.38. The number of halogens is 1. The molecule has 0 aliphatic heterocycles. The van der Waals surface area contributed by atoms with Gasteiger partial charge in [0.25, 0.3) is 0 Å². The van der Waals surface area contributed by atoms with Gasteiger partial charge in [-0.05, 0) is 106 Å². The van der Waals surface area contributed by atoms with Crippen LogP contribution in [0.5, 0.6) is 0 Å². The molecule has 0 bridgehead atoms. The molecule has 0 atom stereocenters. The first-order valence-corrected chi connectivity index (χ1v) is 14.5. The summed E-state index contributed by atoms with van der Waals surface area (Å²) in [4.78, 5) is 14.9. The van der Waals surface area contributed by atoms with E-state index in [2.05, 4.69) is 51.8 Å². The van der Waals surface area contributed by atoms with Crippen LogP contribution in [0.3, 0.4) is 0 Å². The first-order valence-electron chi connectivity index (χ1n) is 13.7. The Morgan fingerprint density at radius 1 is 0.878 bits per heavy atom. The Morgan fingerprint density at radius 3 is 2.22 bits per heavy atom. The number of thiophene rings is 1. The average Bonchev–Trinajstić information content (AvgIpc) is 3.38. The minimum Gasteiger partial charge on any atom is -0.462 e. The van der Waals surface area contributed by atoms with E-state index < -0.39 is 5.82 Å². The summed E-state index contributed by atoms with van der Waals surface area (Å²) in [6, 6.07) is 20.3. The van der Waals surface area contributed by atoms with Gasteiger partial charge in [0.15, 0.2) is 5.82 Å². The molecule has 212 valence electrons. The highest BCUT2D eigenvalue weighted by Crippen LogP contribution is 2.32. The predicted octanol–water partition coefficient (Wildman–Crippen LogP) is 10.2. The summed E-state index contributed by atoms with van der Waals surface area (Å²) in [6.07, 6.45) is 2.63. The van der Waals surface area contributed by atoms with Gasteiger partial charge in [0.2, 0.25) is 0 Å². The van der Waals surface area contributed by atoms with E-state index in [0.29, 0.717) is 29.2 Å². The second-order valence-electron chi connectivity index (χ2n) is 9.53. The molecule has 7 nitrogen and oxygen atoms in total. The number of carbonyl (C=O) groups excluding carboxylic acids is 1. The zero-order valence-corrected chi connectivity index (χ0v) is 24.5. The maximum atomic E-state index is 14.7. The largest absolute Gasteiger partial charge is 0.462 e. The molecule has 0 spiro atoms. The van der Waals surface area contributed by atoms with Crippen molar-refractivity contribution in [2.45, 2.75) is 40.0 Å². The van der Waals surface area contributed by atoms with Gasteiger partial charge >= 0.3 is 5.97 Å². The minimum atomic E-state index is -0.516. The molecule has 0 unspecified atom stereocenters. The Kier molecular flexibility index (Phi) is 10.5. The predicted molar refractivity (Wildman–Crippen MR) is 165 cm³/mol. The molecule has 9 heteroatoms. The summed E-state index contributed by atoms with van der Waals surface area (Å²) in [7, 11) is 0. The van der Waals surface area contributed by atoms with Gasteiger partial charge in [-0.3, -0.25) is 0 Å². The maximum absolute atomic E-state index is 14.7. The van der Waals surface area contributed by atoms with Gasteiger partial charge in [0.05, 0.1) is 23.7 Å². The second kappa shape index (κ2) is 14.4. The van der Waals surface area contributed by atoms with Crippen molar-refractivity contribution in [1.29, 1.82) is 0 Å². The summed E-state index contributed by atoms with van der Waals surface area (Å²) < 4.78 is 21.0. The molecule has 0 aliphatic rings. The molecule has 3 aromatic carbocycles. The monoisotopic (exact) mass is 571 g/mol. The molecule has 4 rings (SSSR count). The first-order chi connectivity index (χ1) is 19.9. The van der Waals surface area contributed by atoms with Gasteiger partial charge < -0.3 is 9.64 Å². The lowest BCUT2D eigenvalue weighted by atomic mass is 10.2. The van der Waals surface area contributed by atoms with Crippen LogP contribution in [0, 0.1) is 5.82 Å². The number of unbranched alkanes of at least 4 members (excludes halogenated alkanes) is 1. The minimum absolute atomic E-state index is 0.137. The fraction of sp³-hybridized carbons (Fsp3) is 0.281. The van der Waals surface area contributed by atoms with Crippen LogP contribution in [-0.2, 0) is 16.0 Å². The fourth-order valence-corrected chi connectivity index (χ4v) is 5.23. The quantitative estimate of drug-likeness (QED) is 0.0693. The third-order valence-corrected chi connectivity index (χ3v) is 7.59. The van der Waals surface area contributed by atoms with Crippen molar-refractivity contribution in [1.82, 2.24) is 0 Å². The summed E-state index contributed by atoms with van der Waals surface area (Å²) in [5, 5.41) is 17.8. The molecule has 0 fully saturated rings. The smallest absolute Gasteiger partial charge is 0.333 e. The van der Waals surface area contributed by atoms with Crippen LogP contribution in [0.4, 0.5) is 32.8 Å². The van der Waals surface area contributed by atoms with Crippen LogP contribution in [0.25, 0.3) is 10.1 Å². The van der Waals surface area contributed by atoms with Crippen molar-refractivity contribution in [3.63, 3.8) is 0 Å². The van der Waals surface area contributed by atoms with Crippen LogP contribution in [-0.4, -0.2) is 25.7 Å². The summed E-state index contributed by atoms with van der Waals surface area (Å²) >= 11 is 1.73. The van der Waals surface area contributed by atoms with E-state index >= 15 is 0 Å². The van der Waals surface area contributed by atoms with E-state index in [1.807, 2.05) is 42.5 Å². The number of carbonyl (C=O) groups is 1. The van der Waals surface area contributed by atoms with E-state index in [1.165, 1.54) is 10.9 Å². The number of azo groups is 2. The molecule has 1 aromatic heterocycles. The number of hydrogen-bond acceptors (Lipinski definition) is 8. The van der Waals surface area contributed by atoms with E-state index in [-0.39, 0.29) is 11.7 Å². The highest BCUT2D eigenvalue weighted by Gasteiger charge is 2.07. The van der Waals surface area contributed by atoms with Crippen LogP contribution < -0.4 is 4.90 Å². The molecule has 4 aromatic rings. The summed E-state index contributed by atoms with van der Waals surface area (Å²) in [5.41, 5.74) is 3.40. The molecule has 0 saturated heterocycles. The lowest BCUT2D eigenvalue weighted by Gasteiger charge is -2.20. The number of anilines is 1. The maximum Gasteiger partial charge on any atom is 0.333 e. The van der Waals surface area contributed by atoms with Crippen molar-refractivity contribution in [3.05, 3.63) is 89.6 Å². The normalized spacial score (nSPS) is 11.5. The number of nitrogens with zero attached hydrogens (tertiary/aromatic N) is 5. The van der Waals surface area contributed by atoms with Crippen molar-refractivity contribution < 1.29 is 13.9 Å². The van der Waals surface area contributed by atoms with Crippen molar-refractivity contribution in [2.75, 3.05) is 24.6 Å². The van der Waals surface area contributed by atoms with E-state index in [9.17, 15) is 9.18 Å². The number of rotatable bonds is 13. The zero-order chi connectivity index (χ0) is 29.2. The molecule has 0 aliphatic carbocycles. The number of benzene rings is 3. The molecular weight excluding hydrogens is 537 g/mol. The van der Waals surface area contributed by atoms with Crippen molar-refractivity contribution >= 4 is 55.8 Å². The van der Waals surface area contributed by atoms with E-state index in [4.69, 9.17) is 4.74 Å². The van der Waals surface area contributed by atoms with Gasteiger partial charge in [0, 0.05) is 40.0 Å². The van der Waals surface area contributed by atoms with Gasteiger partial charge in [-0.15, -0.1) is 16.5 Å². The number of esters is 1. The molecule has 0 amide bonds. The number of aryl methyl sites for hydroxylation is 1. The standard InChI is InChI=1S/C32H34FN5O2S/c1-5-38(6-2)27-14-10-24(11-15-27)34-37-30-16-12-26(21-29(30)33)36-35-25-13-17-31-23(19-25)20-28(41-31)9-7-8-18-40-32(39)22(3)4/h10-17,19-21H,3,5-9,18H2,1-2,4H3. The molecule has 0 saturated carbocycles. The summed E-state index contributed by atoms with van der Waals surface area (Å²) in [5.74, 6) is -0.859. The van der Waals surface area contributed by atoms with E-state index in [0.717, 1.165) is 48.1 Å². The van der Waals surface area contributed by atoms with Crippen molar-refractivity contribution in [3.8, 4) is 0 Å². The molecule has 41 heavy (non-hydrogen) atoms. The molecule has 0 radical (unpaired) electrons. The molecule has 1 heterocycles. The fourth-order valence-electron chi connectivity index (χ4n) is 4.15. The summed E-state index contributed by atoms with van der Waals surface area (Å²) in [6.45, 7) is 11.7. The lowest BCUT2D eigenvalue weighted by molar-refractivity contribution is -0.139. The Bertz CT molecular complexity index is 1560. The lowest BCUT2D eigenvalue weighted by Crippen LogP contribution is -2.21. The number of hydrogen-bond donors (Lipinski definition) is 0. The average molecular weight is 572 g/mol. The Balaban J connectivity index is 1.33. The Hall–Kier alpha value is -4.24. The number of ether oxygens (including phenoxy) is 1. The number of fused-ring (bicyclic) bond motifs is 1. The SMILES string of the molecule is C=C(C)C(=O)OCCCCc1cc2cc(N=Nc3ccc(N=Nc4ccc(N(CC)CC)cc4)c(F)c3)ccc2s1. The zero-order valence-electron chi connectivity index (χ0n) is 23.6. The third-order valence-electron chi connectivity index (χ3n) is 6.41. The first kappa shape index (κ1) is 29.7. The molecular formula is C32H34FN5O2S. The molecule has 0 N–H and O–H groups in total. The van der Waals surface area contributed by atoms with Gasteiger partial charge in [-0.1, -0.05) is 6.58 Å².